The normalized spacial score (nSPS) is 10.1. The molecule has 6 nitrogen and oxygen atoms in total. The molecular formula is C17H20N4O2. The fraction of sp³-hybridized carbons (Fsp3) is 0.294. The van der Waals surface area contributed by atoms with Crippen LogP contribution < -0.4 is 10.6 Å². The number of aromatic nitrogens is 2. The van der Waals surface area contributed by atoms with E-state index in [9.17, 15) is 9.59 Å². The lowest BCUT2D eigenvalue weighted by Crippen LogP contribution is -2.29. The van der Waals surface area contributed by atoms with Gasteiger partial charge in [-0.05, 0) is 18.6 Å². The second kappa shape index (κ2) is 8.63. The number of nitrogens with zero attached hydrogens (tertiary/aromatic N) is 2. The molecule has 0 radical (unpaired) electrons. The predicted molar refractivity (Wildman–Crippen MR) is 87.7 cm³/mol. The zero-order valence-corrected chi connectivity index (χ0v) is 13.1. The zero-order valence-electron chi connectivity index (χ0n) is 13.1. The second-order valence-electron chi connectivity index (χ2n) is 5.02. The third kappa shape index (κ3) is 5.18. The van der Waals surface area contributed by atoms with Gasteiger partial charge in [0, 0.05) is 55.4 Å². The fourth-order valence-electron chi connectivity index (χ4n) is 2.00. The highest BCUT2D eigenvalue weighted by molar-refractivity contribution is 5.95. The smallest absolute Gasteiger partial charge is 0.252 e. The number of hydrogen-bond donors (Lipinski definition) is 2. The van der Waals surface area contributed by atoms with E-state index in [1.54, 1.807) is 31.6 Å². The maximum absolute atomic E-state index is 12.1. The number of carbonyl (C=O) groups is 2. The molecule has 0 aromatic carbocycles. The molecule has 2 aromatic heterocycles. The fourth-order valence-corrected chi connectivity index (χ4v) is 2.00. The Balaban J connectivity index is 1.87. The molecule has 0 aliphatic rings. The van der Waals surface area contributed by atoms with Crippen molar-refractivity contribution in [2.45, 2.75) is 19.8 Å². The van der Waals surface area contributed by atoms with Crippen LogP contribution >= 0.6 is 0 Å². The summed E-state index contributed by atoms with van der Waals surface area (Å²) in [6.45, 7) is 2.86. The van der Waals surface area contributed by atoms with E-state index < -0.39 is 0 Å². The molecule has 23 heavy (non-hydrogen) atoms. The van der Waals surface area contributed by atoms with Gasteiger partial charge in [0.05, 0.1) is 5.56 Å². The van der Waals surface area contributed by atoms with Gasteiger partial charge in [-0.2, -0.15) is 0 Å². The molecule has 0 fully saturated rings. The van der Waals surface area contributed by atoms with E-state index >= 15 is 0 Å². The van der Waals surface area contributed by atoms with Crippen LogP contribution in [0.4, 0.5) is 0 Å². The van der Waals surface area contributed by atoms with E-state index in [1.165, 1.54) is 6.20 Å². The Morgan fingerprint density at radius 2 is 1.83 bits per heavy atom. The number of amides is 2. The Bertz CT molecular complexity index is 659. The van der Waals surface area contributed by atoms with Crippen LogP contribution in [0.3, 0.4) is 0 Å². The first-order chi connectivity index (χ1) is 11.2. The summed E-state index contributed by atoms with van der Waals surface area (Å²) in [4.78, 5) is 31.4. The number of rotatable bonds is 7. The molecule has 0 atom stereocenters. The van der Waals surface area contributed by atoms with Gasteiger partial charge in [0.15, 0.2) is 0 Å². The Morgan fingerprint density at radius 1 is 1.04 bits per heavy atom. The lowest BCUT2D eigenvalue weighted by atomic mass is 10.1. The van der Waals surface area contributed by atoms with Gasteiger partial charge in [0.25, 0.3) is 5.91 Å². The molecule has 2 heterocycles. The molecule has 6 heteroatoms. The first-order valence-electron chi connectivity index (χ1n) is 7.61. The minimum absolute atomic E-state index is 0.0182. The Kier molecular flexibility index (Phi) is 6.23. The quantitative estimate of drug-likeness (QED) is 0.763. The highest BCUT2D eigenvalue weighted by Crippen LogP contribution is 2.17. The Morgan fingerprint density at radius 3 is 2.57 bits per heavy atom. The minimum atomic E-state index is -0.176. The molecule has 0 saturated carbocycles. The third-order valence-corrected chi connectivity index (χ3v) is 3.28. The van der Waals surface area contributed by atoms with Gasteiger partial charge in [-0.3, -0.25) is 19.6 Å². The van der Waals surface area contributed by atoms with Crippen molar-refractivity contribution >= 4 is 11.8 Å². The molecule has 0 unspecified atom stereocenters. The lowest BCUT2D eigenvalue weighted by molar-refractivity contribution is -0.120. The molecule has 2 amide bonds. The topological polar surface area (TPSA) is 84.0 Å². The van der Waals surface area contributed by atoms with Crippen LogP contribution in [0.15, 0.2) is 43.0 Å². The molecule has 0 aliphatic carbocycles. The number of hydrogen-bond acceptors (Lipinski definition) is 4. The summed E-state index contributed by atoms with van der Waals surface area (Å²) in [5, 5.41) is 5.59. The summed E-state index contributed by atoms with van der Waals surface area (Å²) >= 11 is 0. The van der Waals surface area contributed by atoms with E-state index in [0.717, 1.165) is 11.1 Å². The van der Waals surface area contributed by atoms with Crippen molar-refractivity contribution in [3.8, 4) is 11.1 Å². The SMILES string of the molecule is CCC(=O)NCCCNC(=O)c1cncc(-c2cccnc2)c1. The maximum atomic E-state index is 12.1. The summed E-state index contributed by atoms with van der Waals surface area (Å²) in [5.41, 5.74) is 2.27. The van der Waals surface area contributed by atoms with Crippen molar-refractivity contribution in [1.29, 1.82) is 0 Å². The molecule has 2 aromatic rings. The third-order valence-electron chi connectivity index (χ3n) is 3.28. The van der Waals surface area contributed by atoms with Gasteiger partial charge in [0.2, 0.25) is 5.91 Å². The predicted octanol–water partition coefficient (Wildman–Crippen LogP) is 1.79. The van der Waals surface area contributed by atoms with Crippen LogP contribution in [0, 0.1) is 0 Å². The van der Waals surface area contributed by atoms with Gasteiger partial charge >= 0.3 is 0 Å². The van der Waals surface area contributed by atoms with Crippen molar-refractivity contribution in [1.82, 2.24) is 20.6 Å². The molecule has 2 N–H and O–H groups in total. The first kappa shape index (κ1) is 16.6. The average molecular weight is 312 g/mol. The Labute approximate surface area is 135 Å². The summed E-state index contributed by atoms with van der Waals surface area (Å²) < 4.78 is 0. The standard InChI is InChI=1S/C17H20N4O2/c1-2-16(22)20-7-4-8-21-17(23)15-9-14(11-19-12-15)13-5-3-6-18-10-13/h3,5-6,9-12H,2,4,7-8H2,1H3,(H,20,22)(H,21,23). The van der Waals surface area contributed by atoms with Crippen molar-refractivity contribution in [2.75, 3.05) is 13.1 Å². The van der Waals surface area contributed by atoms with Crippen LogP contribution in [-0.4, -0.2) is 34.9 Å². The number of carbonyl (C=O) groups excluding carboxylic acids is 2. The summed E-state index contributed by atoms with van der Waals surface area (Å²) in [6, 6.07) is 5.55. The van der Waals surface area contributed by atoms with Gasteiger partial charge in [-0.25, -0.2) is 0 Å². The van der Waals surface area contributed by atoms with E-state index in [1.807, 2.05) is 12.1 Å². The van der Waals surface area contributed by atoms with Crippen LogP contribution in [0.25, 0.3) is 11.1 Å². The molecule has 0 aliphatic heterocycles. The molecule has 0 bridgehead atoms. The van der Waals surface area contributed by atoms with E-state index in [4.69, 9.17) is 0 Å². The number of pyridine rings is 2. The minimum Gasteiger partial charge on any atom is -0.356 e. The van der Waals surface area contributed by atoms with Crippen LogP contribution in [0.1, 0.15) is 30.1 Å². The van der Waals surface area contributed by atoms with Gasteiger partial charge in [-0.15, -0.1) is 0 Å². The maximum Gasteiger partial charge on any atom is 0.252 e. The summed E-state index contributed by atoms with van der Waals surface area (Å²) in [5.74, 6) is -0.158. The highest BCUT2D eigenvalue weighted by atomic mass is 16.2. The molecule has 0 saturated heterocycles. The molecular weight excluding hydrogens is 292 g/mol. The summed E-state index contributed by atoms with van der Waals surface area (Å²) in [6.07, 6.45) is 7.83. The lowest BCUT2D eigenvalue weighted by Gasteiger charge is -2.07. The highest BCUT2D eigenvalue weighted by Gasteiger charge is 2.07. The average Bonchev–Trinajstić information content (AvgIpc) is 2.62. The zero-order chi connectivity index (χ0) is 16.5. The monoisotopic (exact) mass is 312 g/mol. The Hall–Kier alpha value is -2.76. The second-order valence-corrected chi connectivity index (χ2v) is 5.02. The van der Waals surface area contributed by atoms with E-state index in [2.05, 4.69) is 20.6 Å². The van der Waals surface area contributed by atoms with Crippen molar-refractivity contribution in [2.24, 2.45) is 0 Å². The van der Waals surface area contributed by atoms with Crippen LogP contribution in [0.2, 0.25) is 0 Å². The molecule has 2 rings (SSSR count). The van der Waals surface area contributed by atoms with Crippen molar-refractivity contribution < 1.29 is 9.59 Å². The van der Waals surface area contributed by atoms with Crippen LogP contribution in [-0.2, 0) is 4.79 Å². The van der Waals surface area contributed by atoms with Crippen LogP contribution in [0.5, 0.6) is 0 Å². The van der Waals surface area contributed by atoms with Gasteiger partial charge in [0.1, 0.15) is 0 Å². The first-order valence-corrected chi connectivity index (χ1v) is 7.61. The van der Waals surface area contributed by atoms with E-state index in [-0.39, 0.29) is 11.8 Å². The van der Waals surface area contributed by atoms with Crippen molar-refractivity contribution in [3.05, 3.63) is 48.5 Å². The van der Waals surface area contributed by atoms with Gasteiger partial charge in [-0.1, -0.05) is 13.0 Å². The summed E-state index contributed by atoms with van der Waals surface area (Å²) in [7, 11) is 0. The largest absolute Gasteiger partial charge is 0.356 e. The molecule has 120 valence electrons. The van der Waals surface area contributed by atoms with Crippen molar-refractivity contribution in [3.63, 3.8) is 0 Å². The molecule has 0 spiro atoms. The van der Waals surface area contributed by atoms with E-state index in [0.29, 0.717) is 31.5 Å². The number of nitrogens with one attached hydrogen (secondary N) is 2. The van der Waals surface area contributed by atoms with Gasteiger partial charge < -0.3 is 10.6 Å².